The standard InChI is InChI=1S/C7H6F3NO.H2O.H2/c8-4-2-1-3-5(11)6(4)12-7(9)10;;/h1-3,7H,11H2;1H2;1H. The maximum atomic E-state index is 12.7. The third kappa shape index (κ3) is 2.83. The van der Waals surface area contributed by atoms with Crippen LogP contribution >= 0.6 is 0 Å². The number of anilines is 1. The topological polar surface area (TPSA) is 66.8 Å². The van der Waals surface area contributed by atoms with Crippen LogP contribution in [0.5, 0.6) is 5.75 Å². The summed E-state index contributed by atoms with van der Waals surface area (Å²) in [5.74, 6) is -1.50. The lowest BCUT2D eigenvalue weighted by atomic mass is 10.3. The predicted octanol–water partition coefficient (Wildman–Crippen LogP) is 1.43. The SMILES string of the molecule is Nc1cccc(F)c1OC(F)F.O.[HH]. The van der Waals surface area contributed by atoms with Crippen LogP contribution in [0.3, 0.4) is 0 Å². The van der Waals surface area contributed by atoms with Crippen molar-refractivity contribution in [3.8, 4) is 5.75 Å². The van der Waals surface area contributed by atoms with E-state index in [1.165, 1.54) is 12.1 Å². The van der Waals surface area contributed by atoms with Crippen molar-refractivity contribution in [3.05, 3.63) is 24.0 Å². The van der Waals surface area contributed by atoms with Gasteiger partial charge < -0.3 is 15.9 Å². The number of nitrogens with two attached hydrogens (primary N) is 1. The van der Waals surface area contributed by atoms with Gasteiger partial charge in [0.1, 0.15) is 0 Å². The van der Waals surface area contributed by atoms with E-state index >= 15 is 0 Å². The Morgan fingerprint density at radius 2 is 2.00 bits per heavy atom. The number of benzene rings is 1. The van der Waals surface area contributed by atoms with Crippen molar-refractivity contribution in [2.45, 2.75) is 6.61 Å². The molecule has 0 aliphatic rings. The number of ether oxygens (including phenoxy) is 1. The van der Waals surface area contributed by atoms with Gasteiger partial charge in [0.05, 0.1) is 5.69 Å². The third-order valence-electron chi connectivity index (χ3n) is 1.20. The number of alkyl halides is 2. The maximum absolute atomic E-state index is 12.7. The summed E-state index contributed by atoms with van der Waals surface area (Å²) >= 11 is 0. The number of halogens is 3. The minimum atomic E-state index is -3.07. The van der Waals surface area contributed by atoms with Crippen molar-refractivity contribution in [3.63, 3.8) is 0 Å². The molecule has 0 heterocycles. The summed E-state index contributed by atoms with van der Waals surface area (Å²) in [7, 11) is 0. The van der Waals surface area contributed by atoms with Crippen molar-refractivity contribution >= 4 is 5.69 Å². The molecular weight excluding hydrogens is 187 g/mol. The molecule has 0 atom stereocenters. The second-order valence-corrected chi connectivity index (χ2v) is 2.04. The van der Waals surface area contributed by atoms with Crippen LogP contribution in [0.15, 0.2) is 18.2 Å². The zero-order valence-corrected chi connectivity index (χ0v) is 6.43. The van der Waals surface area contributed by atoms with Crippen molar-refractivity contribution in [1.82, 2.24) is 0 Å². The molecule has 0 aliphatic carbocycles. The van der Waals surface area contributed by atoms with E-state index in [-0.39, 0.29) is 12.6 Å². The molecule has 13 heavy (non-hydrogen) atoms. The molecular formula is C7H10F3NO2. The average Bonchev–Trinajstić information content (AvgIpc) is 1.97. The largest absolute Gasteiger partial charge is 0.429 e. The first kappa shape index (κ1) is 11.6. The van der Waals surface area contributed by atoms with Crippen molar-refractivity contribution in [2.75, 3.05) is 5.73 Å². The maximum Gasteiger partial charge on any atom is 0.387 e. The van der Waals surface area contributed by atoms with Gasteiger partial charge in [-0.15, -0.1) is 0 Å². The van der Waals surface area contributed by atoms with Crippen molar-refractivity contribution in [1.29, 1.82) is 0 Å². The van der Waals surface area contributed by atoms with Crippen LogP contribution in [0, 0.1) is 5.82 Å². The van der Waals surface area contributed by atoms with Gasteiger partial charge >= 0.3 is 6.61 Å². The van der Waals surface area contributed by atoms with Crippen LogP contribution in [0.25, 0.3) is 0 Å². The molecule has 4 N–H and O–H groups in total. The smallest absolute Gasteiger partial charge is 0.387 e. The van der Waals surface area contributed by atoms with E-state index in [0.717, 1.165) is 6.07 Å². The van der Waals surface area contributed by atoms with Crippen LogP contribution in [0.4, 0.5) is 18.9 Å². The Kier molecular flexibility index (Phi) is 4.06. The van der Waals surface area contributed by atoms with E-state index in [0.29, 0.717) is 0 Å². The Bertz CT molecular complexity index is 265. The van der Waals surface area contributed by atoms with E-state index in [1.54, 1.807) is 0 Å². The quantitative estimate of drug-likeness (QED) is 0.728. The molecule has 0 bridgehead atoms. The van der Waals surface area contributed by atoms with Gasteiger partial charge in [-0.25, -0.2) is 4.39 Å². The van der Waals surface area contributed by atoms with E-state index < -0.39 is 18.2 Å². The molecule has 0 unspecified atom stereocenters. The zero-order valence-electron chi connectivity index (χ0n) is 6.43. The van der Waals surface area contributed by atoms with Crippen LogP contribution in [0.1, 0.15) is 1.43 Å². The van der Waals surface area contributed by atoms with Crippen molar-refractivity contribution in [2.24, 2.45) is 0 Å². The lowest BCUT2D eigenvalue weighted by Crippen LogP contribution is -2.06. The zero-order chi connectivity index (χ0) is 9.14. The highest BCUT2D eigenvalue weighted by Gasteiger charge is 2.11. The van der Waals surface area contributed by atoms with Crippen LogP contribution in [0.2, 0.25) is 0 Å². The summed E-state index contributed by atoms with van der Waals surface area (Å²) < 4.78 is 39.8. The second-order valence-electron chi connectivity index (χ2n) is 2.04. The van der Waals surface area contributed by atoms with E-state index in [2.05, 4.69) is 4.74 Å². The summed E-state index contributed by atoms with van der Waals surface area (Å²) in [5.41, 5.74) is 5.03. The van der Waals surface area contributed by atoms with Gasteiger partial charge in [0, 0.05) is 1.43 Å². The molecule has 0 radical (unpaired) electrons. The highest BCUT2D eigenvalue weighted by molar-refractivity contribution is 5.52. The van der Waals surface area contributed by atoms with Crippen LogP contribution in [-0.2, 0) is 0 Å². The summed E-state index contributed by atoms with van der Waals surface area (Å²) in [6.07, 6.45) is 0. The molecule has 0 amide bonds. The van der Waals surface area contributed by atoms with Gasteiger partial charge in [-0.3, -0.25) is 0 Å². The Balaban J connectivity index is 0. The Labute approximate surface area is 73.7 Å². The van der Waals surface area contributed by atoms with Gasteiger partial charge in [-0.2, -0.15) is 8.78 Å². The normalized spacial score (nSPS) is 9.54. The molecule has 1 aromatic rings. The van der Waals surface area contributed by atoms with Crippen molar-refractivity contribution < 1.29 is 24.8 Å². The summed E-state index contributed by atoms with van der Waals surface area (Å²) in [4.78, 5) is 0. The second kappa shape index (κ2) is 4.56. The van der Waals surface area contributed by atoms with E-state index in [1.807, 2.05) is 0 Å². The first-order valence-corrected chi connectivity index (χ1v) is 3.10. The Morgan fingerprint density at radius 3 is 2.46 bits per heavy atom. The fraction of sp³-hybridized carbons (Fsp3) is 0.143. The fourth-order valence-corrected chi connectivity index (χ4v) is 0.739. The molecule has 1 rings (SSSR count). The minimum absolute atomic E-state index is 0. The summed E-state index contributed by atoms with van der Waals surface area (Å²) in [6.45, 7) is -3.07. The Morgan fingerprint density at radius 1 is 1.38 bits per heavy atom. The number of hydrogen-bond donors (Lipinski definition) is 1. The molecule has 0 aromatic heterocycles. The molecule has 0 spiro atoms. The lowest BCUT2D eigenvalue weighted by Gasteiger charge is -2.07. The number of para-hydroxylation sites is 1. The molecule has 0 fully saturated rings. The molecule has 6 heteroatoms. The monoisotopic (exact) mass is 197 g/mol. The lowest BCUT2D eigenvalue weighted by molar-refractivity contribution is -0.0516. The Hall–Kier alpha value is -1.43. The third-order valence-corrected chi connectivity index (χ3v) is 1.20. The van der Waals surface area contributed by atoms with Crippen LogP contribution < -0.4 is 10.5 Å². The molecule has 3 nitrogen and oxygen atoms in total. The fourth-order valence-electron chi connectivity index (χ4n) is 0.739. The van der Waals surface area contributed by atoms with Gasteiger partial charge in [0.25, 0.3) is 0 Å². The summed E-state index contributed by atoms with van der Waals surface area (Å²) in [6, 6.07) is 3.58. The van der Waals surface area contributed by atoms with Gasteiger partial charge in [0.2, 0.25) is 0 Å². The predicted molar refractivity (Wildman–Crippen MR) is 43.2 cm³/mol. The number of nitrogen functional groups attached to an aromatic ring is 1. The molecule has 0 saturated heterocycles. The molecule has 0 aliphatic heterocycles. The minimum Gasteiger partial charge on any atom is -0.429 e. The molecule has 1 aromatic carbocycles. The van der Waals surface area contributed by atoms with E-state index in [4.69, 9.17) is 5.73 Å². The number of rotatable bonds is 2. The average molecular weight is 197 g/mol. The van der Waals surface area contributed by atoms with Crippen LogP contribution in [-0.4, -0.2) is 12.1 Å². The van der Waals surface area contributed by atoms with E-state index in [9.17, 15) is 13.2 Å². The first-order chi connectivity index (χ1) is 5.61. The summed E-state index contributed by atoms with van der Waals surface area (Å²) in [5, 5.41) is 0. The van der Waals surface area contributed by atoms with Gasteiger partial charge in [-0.05, 0) is 12.1 Å². The number of hydrogen-bond acceptors (Lipinski definition) is 2. The molecule has 0 saturated carbocycles. The highest BCUT2D eigenvalue weighted by atomic mass is 19.3. The van der Waals surface area contributed by atoms with Gasteiger partial charge in [0.15, 0.2) is 11.6 Å². The highest BCUT2D eigenvalue weighted by Crippen LogP contribution is 2.25. The molecule has 76 valence electrons. The van der Waals surface area contributed by atoms with Gasteiger partial charge in [-0.1, -0.05) is 6.07 Å². The first-order valence-electron chi connectivity index (χ1n) is 3.10.